The molecule has 0 aliphatic rings. The summed E-state index contributed by atoms with van der Waals surface area (Å²) in [6, 6.07) is 15.4. The number of nitrogens with zero attached hydrogens (tertiary/aromatic N) is 1. The van der Waals surface area contributed by atoms with Crippen molar-refractivity contribution in [2.24, 2.45) is 4.99 Å². The predicted molar refractivity (Wildman–Crippen MR) is 115 cm³/mol. The molecule has 0 saturated carbocycles. The molecule has 0 heterocycles. The highest BCUT2D eigenvalue weighted by molar-refractivity contribution is 5.66. The standard InChI is InChI=1S/C24H30N2/c1-8-26-19(6)23(16(2)3)24(25-7)22-11-9-10-20(15-22)21-13-12-17(4)18(5)14-21/h8-15,24-25H,2H2,1,3-7H3/b23-19+,26-8?. The Morgan fingerprint density at radius 3 is 2.31 bits per heavy atom. The zero-order valence-electron chi connectivity index (χ0n) is 16.9. The van der Waals surface area contributed by atoms with Crippen molar-refractivity contribution in [1.29, 1.82) is 0 Å². The lowest BCUT2D eigenvalue weighted by atomic mass is 9.90. The lowest BCUT2D eigenvalue weighted by molar-refractivity contribution is 0.676. The van der Waals surface area contributed by atoms with Gasteiger partial charge in [-0.3, -0.25) is 4.99 Å². The van der Waals surface area contributed by atoms with Gasteiger partial charge in [-0.1, -0.05) is 48.6 Å². The van der Waals surface area contributed by atoms with Crippen molar-refractivity contribution in [3.05, 3.63) is 82.6 Å². The Kier molecular flexibility index (Phi) is 6.70. The van der Waals surface area contributed by atoms with Gasteiger partial charge in [-0.05, 0) is 81.1 Å². The van der Waals surface area contributed by atoms with E-state index in [-0.39, 0.29) is 6.04 Å². The van der Waals surface area contributed by atoms with E-state index in [0.717, 1.165) is 16.8 Å². The van der Waals surface area contributed by atoms with Gasteiger partial charge < -0.3 is 5.32 Å². The molecule has 0 aliphatic carbocycles. The summed E-state index contributed by atoms with van der Waals surface area (Å²) in [6.45, 7) is 14.5. The third-order valence-corrected chi connectivity index (χ3v) is 4.81. The van der Waals surface area contributed by atoms with Crippen LogP contribution in [0, 0.1) is 13.8 Å². The van der Waals surface area contributed by atoms with Gasteiger partial charge in [0.2, 0.25) is 0 Å². The second-order valence-electron chi connectivity index (χ2n) is 6.81. The molecule has 1 atom stereocenters. The van der Waals surface area contributed by atoms with Crippen LogP contribution in [0.25, 0.3) is 11.1 Å². The molecule has 2 aromatic rings. The maximum atomic E-state index is 4.50. The van der Waals surface area contributed by atoms with Crippen molar-refractivity contribution >= 4 is 6.21 Å². The number of allylic oxidation sites excluding steroid dienone is 1. The summed E-state index contributed by atoms with van der Waals surface area (Å²) in [5.41, 5.74) is 9.49. The number of aliphatic imine (C=N–C) groups is 1. The van der Waals surface area contributed by atoms with Crippen LogP contribution < -0.4 is 5.32 Å². The van der Waals surface area contributed by atoms with Crippen LogP contribution in [0.1, 0.15) is 43.5 Å². The number of hydrogen-bond donors (Lipinski definition) is 1. The molecular weight excluding hydrogens is 316 g/mol. The van der Waals surface area contributed by atoms with E-state index in [0.29, 0.717) is 0 Å². The van der Waals surface area contributed by atoms with E-state index < -0.39 is 0 Å². The van der Waals surface area contributed by atoms with Gasteiger partial charge in [0.05, 0.1) is 6.04 Å². The molecule has 0 aromatic heterocycles. The van der Waals surface area contributed by atoms with Crippen molar-refractivity contribution in [3.63, 3.8) is 0 Å². The molecule has 0 spiro atoms. The Labute approximate surface area is 158 Å². The van der Waals surface area contributed by atoms with Crippen molar-refractivity contribution in [1.82, 2.24) is 5.32 Å². The monoisotopic (exact) mass is 346 g/mol. The minimum Gasteiger partial charge on any atom is -0.309 e. The van der Waals surface area contributed by atoms with Crippen molar-refractivity contribution < 1.29 is 0 Å². The van der Waals surface area contributed by atoms with Crippen molar-refractivity contribution in [2.75, 3.05) is 7.05 Å². The quantitative estimate of drug-likeness (QED) is 0.491. The molecule has 2 rings (SSSR count). The summed E-state index contributed by atoms with van der Waals surface area (Å²) in [5, 5.41) is 3.45. The van der Waals surface area contributed by atoms with E-state index in [1.165, 1.54) is 27.8 Å². The third-order valence-electron chi connectivity index (χ3n) is 4.81. The summed E-state index contributed by atoms with van der Waals surface area (Å²) in [5.74, 6) is 0. The second kappa shape index (κ2) is 8.77. The van der Waals surface area contributed by atoms with Gasteiger partial charge in [-0.15, -0.1) is 0 Å². The zero-order valence-corrected chi connectivity index (χ0v) is 16.9. The Bertz CT molecular complexity index is 856. The number of rotatable bonds is 6. The number of nitrogens with one attached hydrogen (secondary N) is 1. The molecule has 2 heteroatoms. The summed E-state index contributed by atoms with van der Waals surface area (Å²) in [7, 11) is 1.99. The van der Waals surface area contributed by atoms with Gasteiger partial charge in [-0.25, -0.2) is 0 Å². The van der Waals surface area contributed by atoms with E-state index in [4.69, 9.17) is 0 Å². The molecule has 2 aromatic carbocycles. The first-order valence-corrected chi connectivity index (χ1v) is 9.09. The summed E-state index contributed by atoms with van der Waals surface area (Å²) < 4.78 is 0. The smallest absolute Gasteiger partial charge is 0.0594 e. The van der Waals surface area contributed by atoms with Gasteiger partial charge in [0, 0.05) is 11.9 Å². The minimum atomic E-state index is 0.0581. The van der Waals surface area contributed by atoms with E-state index in [1.54, 1.807) is 0 Å². The number of hydrogen-bond acceptors (Lipinski definition) is 2. The largest absolute Gasteiger partial charge is 0.309 e. The number of aryl methyl sites for hydroxylation is 2. The van der Waals surface area contributed by atoms with Crippen LogP contribution in [-0.2, 0) is 0 Å². The SMILES string of the molecule is C=C(C)/C(=C(/C)N=CC)C(NC)c1cccc(-c2ccc(C)c(C)c2)c1. The average molecular weight is 347 g/mol. The zero-order chi connectivity index (χ0) is 19.3. The van der Waals surface area contributed by atoms with Crippen LogP contribution in [0.2, 0.25) is 0 Å². The Hall–Kier alpha value is -2.45. The lowest BCUT2D eigenvalue weighted by Crippen LogP contribution is -2.20. The highest BCUT2D eigenvalue weighted by Crippen LogP contribution is 2.32. The van der Waals surface area contributed by atoms with E-state index >= 15 is 0 Å². The summed E-state index contributed by atoms with van der Waals surface area (Å²) in [6.07, 6.45) is 1.83. The normalized spacial score (nSPS) is 13.6. The molecule has 1 N–H and O–H groups in total. The average Bonchev–Trinajstić information content (AvgIpc) is 2.61. The Morgan fingerprint density at radius 1 is 1.04 bits per heavy atom. The molecule has 136 valence electrons. The van der Waals surface area contributed by atoms with Crippen LogP contribution in [0.3, 0.4) is 0 Å². The molecular formula is C24H30N2. The molecule has 0 saturated heterocycles. The molecule has 0 amide bonds. The van der Waals surface area contributed by atoms with Crippen molar-refractivity contribution in [2.45, 2.75) is 40.7 Å². The van der Waals surface area contributed by atoms with E-state index in [9.17, 15) is 0 Å². The fourth-order valence-corrected chi connectivity index (χ4v) is 3.32. The molecule has 2 nitrogen and oxygen atoms in total. The Balaban J connectivity index is 2.54. The minimum absolute atomic E-state index is 0.0581. The van der Waals surface area contributed by atoms with Crippen LogP contribution in [0.4, 0.5) is 0 Å². The van der Waals surface area contributed by atoms with Gasteiger partial charge in [0.15, 0.2) is 0 Å². The number of benzene rings is 2. The topological polar surface area (TPSA) is 24.4 Å². The number of likely N-dealkylation sites (N-methyl/N-ethyl adjacent to an activating group) is 1. The predicted octanol–water partition coefficient (Wildman–Crippen LogP) is 6.17. The van der Waals surface area contributed by atoms with Crippen molar-refractivity contribution in [3.8, 4) is 11.1 Å². The highest BCUT2D eigenvalue weighted by atomic mass is 14.9. The molecule has 0 radical (unpaired) electrons. The molecule has 26 heavy (non-hydrogen) atoms. The van der Waals surface area contributed by atoms with Gasteiger partial charge in [0.1, 0.15) is 0 Å². The second-order valence-corrected chi connectivity index (χ2v) is 6.81. The molecule has 1 unspecified atom stereocenters. The first-order valence-electron chi connectivity index (χ1n) is 9.09. The summed E-state index contributed by atoms with van der Waals surface area (Å²) >= 11 is 0. The van der Waals surface area contributed by atoms with Gasteiger partial charge in [-0.2, -0.15) is 0 Å². The van der Waals surface area contributed by atoms with E-state index in [2.05, 4.69) is 73.2 Å². The van der Waals surface area contributed by atoms with Gasteiger partial charge in [0.25, 0.3) is 0 Å². The lowest BCUT2D eigenvalue weighted by Gasteiger charge is -2.23. The van der Waals surface area contributed by atoms with Crippen LogP contribution in [0.5, 0.6) is 0 Å². The highest BCUT2D eigenvalue weighted by Gasteiger charge is 2.18. The van der Waals surface area contributed by atoms with Crippen LogP contribution in [-0.4, -0.2) is 13.3 Å². The molecule has 0 fully saturated rings. The van der Waals surface area contributed by atoms with E-state index in [1.807, 2.05) is 34.0 Å². The first kappa shape index (κ1) is 19.9. The maximum absolute atomic E-state index is 4.50. The Morgan fingerprint density at radius 2 is 1.73 bits per heavy atom. The summed E-state index contributed by atoms with van der Waals surface area (Å²) in [4.78, 5) is 4.50. The maximum Gasteiger partial charge on any atom is 0.0594 e. The van der Waals surface area contributed by atoms with Crippen LogP contribution >= 0.6 is 0 Å². The fraction of sp³-hybridized carbons (Fsp3) is 0.292. The fourth-order valence-electron chi connectivity index (χ4n) is 3.32. The molecule has 0 aliphatic heterocycles. The molecule has 0 bridgehead atoms. The third kappa shape index (κ3) is 4.39. The van der Waals surface area contributed by atoms with Crippen LogP contribution in [0.15, 0.2) is 70.9 Å². The van der Waals surface area contributed by atoms with Gasteiger partial charge >= 0.3 is 0 Å². The first-order chi connectivity index (χ1) is 12.4.